The molecular formula is C11H12ClF2N. The van der Waals surface area contributed by atoms with Gasteiger partial charge in [0, 0.05) is 6.04 Å². The highest BCUT2D eigenvalue weighted by Gasteiger charge is 2.17. The fourth-order valence-electron chi connectivity index (χ4n) is 1.92. The normalized spacial score (nSPS) is 20.9. The van der Waals surface area contributed by atoms with Gasteiger partial charge >= 0.3 is 0 Å². The predicted octanol–water partition coefficient (Wildman–Crippen LogP) is 2.91. The minimum atomic E-state index is -0.550. The molecule has 1 aliphatic heterocycles. The molecule has 1 aromatic carbocycles. The van der Waals surface area contributed by atoms with Crippen molar-refractivity contribution in [2.75, 3.05) is 6.54 Å². The Kier molecular flexibility index (Phi) is 3.22. The second-order valence-corrected chi connectivity index (χ2v) is 4.26. The van der Waals surface area contributed by atoms with Gasteiger partial charge in [0.05, 0.1) is 5.02 Å². The van der Waals surface area contributed by atoms with Crippen LogP contribution >= 0.6 is 11.6 Å². The van der Waals surface area contributed by atoms with Gasteiger partial charge < -0.3 is 5.32 Å². The smallest absolute Gasteiger partial charge is 0.142 e. The Hall–Kier alpha value is -0.670. The van der Waals surface area contributed by atoms with E-state index in [0.29, 0.717) is 12.0 Å². The van der Waals surface area contributed by atoms with Crippen molar-refractivity contribution in [3.63, 3.8) is 0 Å². The van der Waals surface area contributed by atoms with Gasteiger partial charge in [-0.1, -0.05) is 11.6 Å². The van der Waals surface area contributed by atoms with E-state index in [1.165, 1.54) is 6.07 Å². The lowest BCUT2D eigenvalue weighted by atomic mass is 10.0. The summed E-state index contributed by atoms with van der Waals surface area (Å²) in [6.07, 6.45) is 2.64. The average Bonchev–Trinajstić information content (AvgIpc) is 2.67. The van der Waals surface area contributed by atoms with Gasteiger partial charge in [-0.05, 0) is 43.5 Å². The maximum Gasteiger partial charge on any atom is 0.142 e. The summed E-state index contributed by atoms with van der Waals surface area (Å²) in [5.74, 6) is -0.971. The summed E-state index contributed by atoms with van der Waals surface area (Å²) in [6, 6.07) is 2.50. The molecule has 0 aromatic heterocycles. The standard InChI is InChI=1S/C11H12ClF2N/c12-9-6-10(13)7(5-11(9)14)4-8-2-1-3-15-8/h5-6,8,15H,1-4H2. The Labute approximate surface area is 92.4 Å². The van der Waals surface area contributed by atoms with Crippen LogP contribution in [-0.4, -0.2) is 12.6 Å². The summed E-state index contributed by atoms with van der Waals surface area (Å²) >= 11 is 5.47. The van der Waals surface area contributed by atoms with E-state index in [4.69, 9.17) is 11.6 Å². The number of rotatable bonds is 2. The Morgan fingerprint density at radius 1 is 1.33 bits per heavy atom. The number of hydrogen-bond acceptors (Lipinski definition) is 1. The van der Waals surface area contributed by atoms with Crippen molar-refractivity contribution in [3.8, 4) is 0 Å². The van der Waals surface area contributed by atoms with E-state index in [2.05, 4.69) is 5.32 Å². The van der Waals surface area contributed by atoms with Crippen molar-refractivity contribution < 1.29 is 8.78 Å². The van der Waals surface area contributed by atoms with E-state index in [9.17, 15) is 8.78 Å². The van der Waals surface area contributed by atoms with Gasteiger partial charge in [0.15, 0.2) is 0 Å². The van der Waals surface area contributed by atoms with Crippen LogP contribution in [0.15, 0.2) is 12.1 Å². The third-order valence-electron chi connectivity index (χ3n) is 2.72. The number of halogens is 3. The Balaban J connectivity index is 2.16. The van der Waals surface area contributed by atoms with Crippen molar-refractivity contribution >= 4 is 11.6 Å². The van der Waals surface area contributed by atoms with E-state index in [1.54, 1.807) is 0 Å². The van der Waals surface area contributed by atoms with E-state index < -0.39 is 11.6 Å². The molecule has 0 saturated carbocycles. The second-order valence-electron chi connectivity index (χ2n) is 3.86. The zero-order valence-electron chi connectivity index (χ0n) is 8.19. The third kappa shape index (κ3) is 2.47. The number of nitrogens with one attached hydrogen (secondary N) is 1. The monoisotopic (exact) mass is 231 g/mol. The molecule has 0 bridgehead atoms. The molecular weight excluding hydrogens is 220 g/mol. The van der Waals surface area contributed by atoms with Crippen molar-refractivity contribution in [2.45, 2.75) is 25.3 Å². The molecule has 0 spiro atoms. The predicted molar refractivity (Wildman–Crippen MR) is 56.1 cm³/mol. The lowest BCUT2D eigenvalue weighted by molar-refractivity contribution is 0.549. The molecule has 1 fully saturated rings. The van der Waals surface area contributed by atoms with Crippen LogP contribution in [0.3, 0.4) is 0 Å². The number of benzene rings is 1. The van der Waals surface area contributed by atoms with Gasteiger partial charge in [0.1, 0.15) is 11.6 Å². The average molecular weight is 232 g/mol. The van der Waals surface area contributed by atoms with E-state index in [-0.39, 0.29) is 11.1 Å². The van der Waals surface area contributed by atoms with Crippen molar-refractivity contribution in [1.82, 2.24) is 5.32 Å². The lowest BCUT2D eigenvalue weighted by Crippen LogP contribution is -2.24. The highest BCUT2D eigenvalue weighted by Crippen LogP contribution is 2.21. The first-order valence-corrected chi connectivity index (χ1v) is 5.41. The molecule has 4 heteroatoms. The van der Waals surface area contributed by atoms with Gasteiger partial charge in [-0.2, -0.15) is 0 Å². The fraction of sp³-hybridized carbons (Fsp3) is 0.455. The van der Waals surface area contributed by atoms with Gasteiger partial charge in [0.25, 0.3) is 0 Å². The maximum absolute atomic E-state index is 13.4. The summed E-state index contributed by atoms with van der Waals surface area (Å²) in [4.78, 5) is 0. The first-order valence-electron chi connectivity index (χ1n) is 5.03. The van der Waals surface area contributed by atoms with Crippen LogP contribution in [0, 0.1) is 11.6 Å². The highest BCUT2D eigenvalue weighted by atomic mass is 35.5. The van der Waals surface area contributed by atoms with Gasteiger partial charge in [-0.3, -0.25) is 0 Å². The second kappa shape index (κ2) is 4.45. The third-order valence-corrected chi connectivity index (χ3v) is 3.01. The maximum atomic E-state index is 13.4. The molecule has 2 rings (SSSR count). The van der Waals surface area contributed by atoms with Crippen LogP contribution in [0.4, 0.5) is 8.78 Å². The summed E-state index contributed by atoms with van der Waals surface area (Å²) < 4.78 is 26.5. The molecule has 15 heavy (non-hydrogen) atoms. The van der Waals surface area contributed by atoms with Crippen molar-refractivity contribution in [1.29, 1.82) is 0 Å². The summed E-state index contributed by atoms with van der Waals surface area (Å²) in [7, 11) is 0. The molecule has 1 unspecified atom stereocenters. The van der Waals surface area contributed by atoms with Gasteiger partial charge in [-0.25, -0.2) is 8.78 Å². The topological polar surface area (TPSA) is 12.0 Å². The molecule has 1 aromatic rings. The van der Waals surface area contributed by atoms with Crippen LogP contribution in [0.5, 0.6) is 0 Å². The zero-order valence-corrected chi connectivity index (χ0v) is 8.95. The van der Waals surface area contributed by atoms with Crippen molar-refractivity contribution in [3.05, 3.63) is 34.4 Å². The highest BCUT2D eigenvalue weighted by molar-refractivity contribution is 6.30. The first kappa shape index (κ1) is 10.8. The molecule has 0 amide bonds. The van der Waals surface area contributed by atoms with Crippen LogP contribution in [0.25, 0.3) is 0 Å². The van der Waals surface area contributed by atoms with Gasteiger partial charge in [-0.15, -0.1) is 0 Å². The first-order chi connectivity index (χ1) is 7.16. The fourth-order valence-corrected chi connectivity index (χ4v) is 2.07. The Morgan fingerprint density at radius 2 is 2.13 bits per heavy atom. The van der Waals surface area contributed by atoms with Crippen LogP contribution in [0.1, 0.15) is 18.4 Å². The molecule has 1 aliphatic rings. The Bertz CT molecular complexity index is 362. The minimum Gasteiger partial charge on any atom is -0.314 e. The summed E-state index contributed by atoms with van der Waals surface area (Å²) in [6.45, 7) is 0.961. The van der Waals surface area contributed by atoms with Crippen molar-refractivity contribution in [2.24, 2.45) is 0 Å². The minimum absolute atomic E-state index is 0.157. The van der Waals surface area contributed by atoms with Crippen LogP contribution < -0.4 is 5.32 Å². The molecule has 1 saturated heterocycles. The molecule has 82 valence electrons. The molecule has 1 N–H and O–H groups in total. The molecule has 1 heterocycles. The Morgan fingerprint density at radius 3 is 2.80 bits per heavy atom. The SMILES string of the molecule is Fc1cc(CC2CCCN2)c(F)cc1Cl. The molecule has 0 radical (unpaired) electrons. The van der Waals surface area contributed by atoms with E-state index in [0.717, 1.165) is 25.5 Å². The molecule has 1 atom stereocenters. The molecule has 0 aliphatic carbocycles. The zero-order chi connectivity index (χ0) is 10.8. The summed E-state index contributed by atoms with van der Waals surface area (Å²) in [5.41, 5.74) is 0.399. The molecule has 1 nitrogen and oxygen atoms in total. The van der Waals surface area contributed by atoms with E-state index >= 15 is 0 Å². The van der Waals surface area contributed by atoms with Gasteiger partial charge in [0.2, 0.25) is 0 Å². The van der Waals surface area contributed by atoms with Crippen LogP contribution in [-0.2, 0) is 6.42 Å². The quantitative estimate of drug-likeness (QED) is 0.772. The lowest BCUT2D eigenvalue weighted by Gasteiger charge is -2.11. The van der Waals surface area contributed by atoms with Crippen LogP contribution in [0.2, 0.25) is 5.02 Å². The summed E-state index contributed by atoms with van der Waals surface area (Å²) in [5, 5.41) is 3.09. The largest absolute Gasteiger partial charge is 0.314 e. The van der Waals surface area contributed by atoms with E-state index in [1.807, 2.05) is 0 Å². The number of hydrogen-bond donors (Lipinski definition) is 1.